The van der Waals surface area contributed by atoms with Crippen LogP contribution in [0.4, 0.5) is 36.2 Å². The summed E-state index contributed by atoms with van der Waals surface area (Å²) < 4.78 is 39.7. The molecule has 0 fully saturated rings. The van der Waals surface area contributed by atoms with E-state index in [1.807, 2.05) is 0 Å². The number of halogens is 4. The molecule has 0 unspecified atom stereocenters. The van der Waals surface area contributed by atoms with Gasteiger partial charge in [0.25, 0.3) is 0 Å². The minimum absolute atomic E-state index is 0.147. The Hall–Kier alpha value is -4.71. The number of nitro groups is 1. The van der Waals surface area contributed by atoms with Crippen LogP contribution in [0.3, 0.4) is 0 Å². The van der Waals surface area contributed by atoms with E-state index in [0.29, 0.717) is 17.2 Å². The molecule has 3 aromatic carbocycles. The molecule has 1 amide bonds. The molecular formula is C25H18ClF3N6O3. The van der Waals surface area contributed by atoms with Crippen LogP contribution < -0.4 is 16.2 Å². The van der Waals surface area contributed by atoms with Crippen LogP contribution in [0, 0.1) is 10.1 Å². The number of hydrazine groups is 1. The Bertz CT molecular complexity index is 1420. The molecule has 1 aromatic heterocycles. The van der Waals surface area contributed by atoms with Crippen molar-refractivity contribution < 1.29 is 22.9 Å². The summed E-state index contributed by atoms with van der Waals surface area (Å²) in [6, 6.07) is 20.7. The highest BCUT2D eigenvalue weighted by atomic mass is 35.5. The number of amides is 1. The highest BCUT2D eigenvalue weighted by Gasteiger charge is 2.34. The first-order valence-corrected chi connectivity index (χ1v) is 11.3. The molecule has 0 saturated heterocycles. The lowest BCUT2D eigenvalue weighted by molar-refractivity contribution is -0.383. The van der Waals surface area contributed by atoms with Gasteiger partial charge in [0, 0.05) is 5.69 Å². The van der Waals surface area contributed by atoms with Crippen molar-refractivity contribution in [1.82, 2.24) is 15.4 Å². The number of hydrogen-bond acceptors (Lipinski definition) is 7. The van der Waals surface area contributed by atoms with Crippen molar-refractivity contribution >= 4 is 40.5 Å². The molecule has 9 nitrogen and oxygen atoms in total. The molecule has 0 saturated carbocycles. The van der Waals surface area contributed by atoms with E-state index in [-0.39, 0.29) is 11.5 Å². The maximum atomic E-state index is 13.2. The summed E-state index contributed by atoms with van der Waals surface area (Å²) in [4.78, 5) is 31.9. The Morgan fingerprint density at radius 1 is 0.921 bits per heavy atom. The van der Waals surface area contributed by atoms with Gasteiger partial charge in [-0.05, 0) is 29.3 Å². The number of alkyl halides is 3. The number of hydrogen-bond donors (Lipinski definition) is 3. The Kier molecular flexibility index (Phi) is 7.72. The standard InChI is InChI=1S/C25H18ClF3N6O3/c26-19-12-11-17(13-18(19)25(27,28)29)32-22-21(35(37)38)23(31-14-30-22)33-34-24(36)20(15-7-3-1-4-8-15)16-9-5-2-6-10-16/h1-14,20H,(H,34,36)(H2,30,31,32,33). The molecule has 0 spiro atoms. The van der Waals surface area contributed by atoms with Crippen molar-refractivity contribution in [3.8, 4) is 0 Å². The average molecular weight is 543 g/mol. The first-order valence-electron chi connectivity index (χ1n) is 10.9. The van der Waals surface area contributed by atoms with Gasteiger partial charge >= 0.3 is 11.9 Å². The molecule has 1 heterocycles. The van der Waals surface area contributed by atoms with Crippen LogP contribution in [0.1, 0.15) is 22.6 Å². The van der Waals surface area contributed by atoms with Crippen molar-refractivity contribution in [3.63, 3.8) is 0 Å². The Morgan fingerprint density at radius 3 is 2.05 bits per heavy atom. The summed E-state index contributed by atoms with van der Waals surface area (Å²) >= 11 is 5.64. The smallest absolute Gasteiger partial charge is 0.334 e. The molecule has 0 bridgehead atoms. The van der Waals surface area contributed by atoms with Crippen molar-refractivity contribution in [2.24, 2.45) is 0 Å². The zero-order chi connectivity index (χ0) is 27.3. The molecule has 0 aliphatic rings. The number of aromatic nitrogens is 2. The van der Waals surface area contributed by atoms with E-state index in [2.05, 4.69) is 26.1 Å². The maximum Gasteiger partial charge on any atom is 0.417 e. The third-order valence-electron chi connectivity index (χ3n) is 5.37. The highest BCUT2D eigenvalue weighted by molar-refractivity contribution is 6.31. The minimum Gasteiger partial charge on any atom is -0.334 e. The van der Waals surface area contributed by atoms with Crippen molar-refractivity contribution in [1.29, 1.82) is 0 Å². The number of nitrogens with one attached hydrogen (secondary N) is 3. The van der Waals surface area contributed by atoms with E-state index in [9.17, 15) is 28.1 Å². The third kappa shape index (κ3) is 5.98. The molecule has 194 valence electrons. The lowest BCUT2D eigenvalue weighted by atomic mass is 9.91. The molecule has 3 N–H and O–H groups in total. The quantitative estimate of drug-likeness (QED) is 0.182. The lowest BCUT2D eigenvalue weighted by Crippen LogP contribution is -2.35. The Labute approximate surface area is 218 Å². The number of nitrogens with zero attached hydrogens (tertiary/aromatic N) is 3. The zero-order valence-electron chi connectivity index (χ0n) is 19.2. The summed E-state index contributed by atoms with van der Waals surface area (Å²) in [6.45, 7) is 0. The van der Waals surface area contributed by atoms with Crippen LogP contribution in [0.2, 0.25) is 5.02 Å². The van der Waals surface area contributed by atoms with Crippen LogP contribution in [0.25, 0.3) is 0 Å². The summed E-state index contributed by atoms with van der Waals surface area (Å²) in [5.41, 5.74) is 4.28. The molecule has 0 aliphatic carbocycles. The van der Waals surface area contributed by atoms with Crippen LogP contribution in [0.15, 0.2) is 85.2 Å². The summed E-state index contributed by atoms with van der Waals surface area (Å²) in [5.74, 6) is -2.07. The van der Waals surface area contributed by atoms with Crippen molar-refractivity contribution in [2.75, 3.05) is 10.7 Å². The number of rotatable bonds is 8. The molecule has 4 rings (SSSR count). The number of carbonyl (C=O) groups is 1. The van der Waals surface area contributed by atoms with E-state index in [1.54, 1.807) is 60.7 Å². The summed E-state index contributed by atoms with van der Waals surface area (Å²) in [6.07, 6.45) is -3.78. The van der Waals surface area contributed by atoms with Gasteiger partial charge in [0.15, 0.2) is 0 Å². The molecule has 0 radical (unpaired) electrons. The fourth-order valence-electron chi connectivity index (χ4n) is 3.67. The summed E-state index contributed by atoms with van der Waals surface area (Å²) in [5, 5.41) is 13.8. The number of carbonyl (C=O) groups excluding carboxylic acids is 1. The fourth-order valence-corrected chi connectivity index (χ4v) is 3.90. The first kappa shape index (κ1) is 26.4. The largest absolute Gasteiger partial charge is 0.417 e. The molecule has 38 heavy (non-hydrogen) atoms. The second-order valence-corrected chi connectivity index (χ2v) is 8.27. The van der Waals surface area contributed by atoms with E-state index in [1.165, 1.54) is 6.07 Å². The van der Waals surface area contributed by atoms with Gasteiger partial charge in [-0.1, -0.05) is 72.3 Å². The highest BCUT2D eigenvalue weighted by Crippen LogP contribution is 2.38. The van der Waals surface area contributed by atoms with E-state index in [4.69, 9.17) is 11.6 Å². The fraction of sp³-hybridized carbons (Fsp3) is 0.0800. The number of benzene rings is 3. The minimum atomic E-state index is -4.74. The average Bonchev–Trinajstić information content (AvgIpc) is 2.89. The van der Waals surface area contributed by atoms with Crippen molar-refractivity contribution in [2.45, 2.75) is 12.1 Å². The first-order chi connectivity index (χ1) is 18.1. The van der Waals surface area contributed by atoms with Gasteiger partial charge in [-0.2, -0.15) is 13.2 Å². The molecule has 4 aromatic rings. The third-order valence-corrected chi connectivity index (χ3v) is 5.70. The molecular weight excluding hydrogens is 525 g/mol. The Morgan fingerprint density at radius 2 is 1.50 bits per heavy atom. The van der Waals surface area contributed by atoms with Crippen LogP contribution >= 0.6 is 11.6 Å². The predicted molar refractivity (Wildman–Crippen MR) is 135 cm³/mol. The molecule has 0 atom stereocenters. The van der Waals surface area contributed by atoms with E-state index < -0.39 is 45.0 Å². The second kappa shape index (κ2) is 11.1. The van der Waals surface area contributed by atoms with Gasteiger partial charge in [-0.25, -0.2) is 9.97 Å². The van der Waals surface area contributed by atoms with Gasteiger partial charge in [-0.15, -0.1) is 0 Å². The van der Waals surface area contributed by atoms with Gasteiger partial charge in [0.2, 0.25) is 17.5 Å². The van der Waals surface area contributed by atoms with Crippen LogP contribution in [-0.4, -0.2) is 20.8 Å². The number of anilines is 3. The van der Waals surface area contributed by atoms with Crippen LogP contribution in [-0.2, 0) is 11.0 Å². The van der Waals surface area contributed by atoms with Crippen LogP contribution in [0.5, 0.6) is 0 Å². The lowest BCUT2D eigenvalue weighted by Gasteiger charge is -2.18. The monoisotopic (exact) mass is 542 g/mol. The normalized spacial score (nSPS) is 11.2. The SMILES string of the molecule is O=C(NNc1ncnc(Nc2ccc(Cl)c(C(F)(F)F)c2)c1[N+](=O)[O-])C(c1ccccc1)c1ccccc1. The molecule has 0 aliphatic heterocycles. The molecule has 13 heteroatoms. The maximum absolute atomic E-state index is 13.2. The van der Waals surface area contributed by atoms with Gasteiger partial charge in [0.05, 0.1) is 21.4 Å². The summed E-state index contributed by atoms with van der Waals surface area (Å²) in [7, 11) is 0. The predicted octanol–water partition coefficient (Wildman–Crippen LogP) is 6.08. The van der Waals surface area contributed by atoms with Gasteiger partial charge < -0.3 is 5.32 Å². The van der Waals surface area contributed by atoms with Gasteiger partial charge in [-0.3, -0.25) is 25.8 Å². The van der Waals surface area contributed by atoms with Crippen molar-refractivity contribution in [3.05, 3.63) is 117 Å². The van der Waals surface area contributed by atoms with E-state index >= 15 is 0 Å². The Balaban J connectivity index is 1.61. The second-order valence-electron chi connectivity index (χ2n) is 7.86. The zero-order valence-corrected chi connectivity index (χ0v) is 20.0. The topological polar surface area (TPSA) is 122 Å². The van der Waals surface area contributed by atoms with E-state index in [0.717, 1.165) is 12.4 Å². The van der Waals surface area contributed by atoms with Gasteiger partial charge in [0.1, 0.15) is 6.33 Å².